The van der Waals surface area contributed by atoms with Gasteiger partial charge in [0.05, 0.1) is 25.4 Å². The molecule has 1 amide bonds. The first-order valence-corrected chi connectivity index (χ1v) is 10.2. The zero-order chi connectivity index (χ0) is 20.4. The number of carbonyl (C=O) groups is 1. The fourth-order valence-electron chi connectivity index (χ4n) is 3.18. The van der Waals surface area contributed by atoms with Gasteiger partial charge in [-0.05, 0) is 45.4 Å². The Labute approximate surface area is 168 Å². The summed E-state index contributed by atoms with van der Waals surface area (Å²) in [5, 5.41) is 6.47. The molecule has 7 nitrogen and oxygen atoms in total. The Morgan fingerprint density at radius 2 is 1.86 bits per heavy atom. The van der Waals surface area contributed by atoms with Gasteiger partial charge in [-0.15, -0.1) is 0 Å². The molecule has 2 N–H and O–H groups in total. The third kappa shape index (κ3) is 7.13. The van der Waals surface area contributed by atoms with Crippen LogP contribution in [0.25, 0.3) is 0 Å². The highest BCUT2D eigenvalue weighted by Crippen LogP contribution is 2.15. The maximum atomic E-state index is 12.7. The molecule has 1 aromatic rings. The molecule has 1 aliphatic rings. The maximum Gasteiger partial charge on any atom is 0.254 e. The number of amides is 1. The van der Waals surface area contributed by atoms with Gasteiger partial charge in [0, 0.05) is 38.3 Å². The van der Waals surface area contributed by atoms with E-state index in [9.17, 15) is 4.79 Å². The van der Waals surface area contributed by atoms with Crippen LogP contribution < -0.4 is 10.6 Å². The number of ether oxygens (including phenoxy) is 2. The van der Waals surface area contributed by atoms with Crippen LogP contribution in [0.2, 0.25) is 0 Å². The quantitative estimate of drug-likeness (QED) is 0.404. The number of hydrogen-bond donors (Lipinski definition) is 2. The fourth-order valence-corrected chi connectivity index (χ4v) is 3.18. The summed E-state index contributed by atoms with van der Waals surface area (Å²) in [7, 11) is 0. The Hall–Kier alpha value is -2.12. The van der Waals surface area contributed by atoms with Gasteiger partial charge in [-0.1, -0.05) is 12.1 Å². The van der Waals surface area contributed by atoms with E-state index in [0.29, 0.717) is 45.0 Å². The zero-order valence-corrected chi connectivity index (χ0v) is 17.5. The topological polar surface area (TPSA) is 75.2 Å². The van der Waals surface area contributed by atoms with E-state index in [4.69, 9.17) is 9.47 Å². The molecule has 1 aliphatic heterocycles. The number of nitrogens with one attached hydrogen (secondary N) is 2. The van der Waals surface area contributed by atoms with Crippen molar-refractivity contribution < 1.29 is 14.3 Å². The van der Waals surface area contributed by atoms with Crippen molar-refractivity contribution in [3.05, 3.63) is 35.4 Å². The summed E-state index contributed by atoms with van der Waals surface area (Å²) in [6.07, 6.45) is 0.141. The van der Waals surface area contributed by atoms with Crippen LogP contribution in [0.5, 0.6) is 0 Å². The number of benzene rings is 1. The second-order valence-electron chi connectivity index (χ2n) is 6.98. The monoisotopic (exact) mass is 390 g/mol. The van der Waals surface area contributed by atoms with Crippen molar-refractivity contribution in [3.63, 3.8) is 0 Å². The summed E-state index contributed by atoms with van der Waals surface area (Å²) in [6.45, 7) is 12.7. The van der Waals surface area contributed by atoms with Crippen LogP contribution in [0.1, 0.15) is 43.6 Å². The smallest absolute Gasteiger partial charge is 0.254 e. The molecule has 28 heavy (non-hydrogen) atoms. The standard InChI is InChI=1S/C21H34N4O3/c1-5-22-21(23-11-12-27-6-2)24-13-18-7-9-19(10-8-18)20(26)25-14-16(3)28-17(4)15-25/h7-10,16-17H,5-6,11-15H2,1-4H3,(H2,22,23,24). The van der Waals surface area contributed by atoms with Crippen LogP contribution in [-0.2, 0) is 16.0 Å². The molecule has 0 radical (unpaired) electrons. The van der Waals surface area contributed by atoms with E-state index in [2.05, 4.69) is 15.6 Å². The molecule has 0 spiro atoms. The number of guanidine groups is 1. The lowest BCUT2D eigenvalue weighted by Crippen LogP contribution is -2.48. The number of hydrogen-bond acceptors (Lipinski definition) is 4. The second-order valence-corrected chi connectivity index (χ2v) is 6.98. The molecule has 2 rings (SSSR count). The van der Waals surface area contributed by atoms with Gasteiger partial charge in [0.2, 0.25) is 0 Å². The summed E-state index contributed by atoms with van der Waals surface area (Å²) in [5.41, 5.74) is 1.76. The van der Waals surface area contributed by atoms with E-state index in [1.54, 1.807) is 0 Å². The van der Waals surface area contributed by atoms with Crippen molar-refractivity contribution in [1.29, 1.82) is 0 Å². The largest absolute Gasteiger partial charge is 0.380 e. The van der Waals surface area contributed by atoms with Crippen molar-refractivity contribution in [2.45, 2.75) is 46.4 Å². The number of aliphatic imine (C=N–C) groups is 1. The SMILES string of the molecule is CCNC(=NCc1ccc(C(=O)N2CC(C)OC(C)C2)cc1)NCCOCC. The van der Waals surface area contributed by atoms with Crippen molar-refractivity contribution in [2.24, 2.45) is 4.99 Å². The number of morpholine rings is 1. The molecule has 0 bridgehead atoms. The number of nitrogens with zero attached hydrogens (tertiary/aromatic N) is 2. The lowest BCUT2D eigenvalue weighted by molar-refractivity contribution is -0.0586. The Morgan fingerprint density at radius 3 is 2.46 bits per heavy atom. The molecule has 0 saturated carbocycles. The first kappa shape index (κ1) is 22.2. The predicted molar refractivity (Wildman–Crippen MR) is 112 cm³/mol. The first-order valence-electron chi connectivity index (χ1n) is 10.2. The predicted octanol–water partition coefficient (Wildman–Crippen LogP) is 2.03. The molecule has 2 atom stereocenters. The first-order chi connectivity index (χ1) is 13.5. The van der Waals surface area contributed by atoms with Crippen LogP contribution in [0.15, 0.2) is 29.3 Å². The second kappa shape index (κ2) is 11.7. The van der Waals surface area contributed by atoms with E-state index >= 15 is 0 Å². The Kier molecular flexibility index (Phi) is 9.23. The molecule has 156 valence electrons. The van der Waals surface area contributed by atoms with Gasteiger partial charge in [-0.25, -0.2) is 4.99 Å². The van der Waals surface area contributed by atoms with Crippen LogP contribution >= 0.6 is 0 Å². The third-order valence-corrected chi connectivity index (χ3v) is 4.41. The van der Waals surface area contributed by atoms with E-state index in [1.807, 2.05) is 56.9 Å². The van der Waals surface area contributed by atoms with Gasteiger partial charge < -0.3 is 25.0 Å². The summed E-state index contributed by atoms with van der Waals surface area (Å²) >= 11 is 0. The Balaban J connectivity index is 1.92. The van der Waals surface area contributed by atoms with Gasteiger partial charge in [0.15, 0.2) is 5.96 Å². The van der Waals surface area contributed by atoms with Gasteiger partial charge in [-0.2, -0.15) is 0 Å². The Bertz CT molecular complexity index is 623. The summed E-state index contributed by atoms with van der Waals surface area (Å²) in [4.78, 5) is 19.2. The lowest BCUT2D eigenvalue weighted by atomic mass is 10.1. The molecule has 0 aromatic heterocycles. The summed E-state index contributed by atoms with van der Waals surface area (Å²) in [5.74, 6) is 0.821. The van der Waals surface area contributed by atoms with Crippen LogP contribution in [0.3, 0.4) is 0 Å². The minimum atomic E-state index is 0.0583. The minimum absolute atomic E-state index is 0.0583. The fraction of sp³-hybridized carbons (Fsp3) is 0.619. The molecule has 1 aromatic carbocycles. The average Bonchev–Trinajstić information content (AvgIpc) is 2.68. The van der Waals surface area contributed by atoms with Crippen LogP contribution in [-0.4, -0.2) is 68.4 Å². The van der Waals surface area contributed by atoms with Crippen LogP contribution in [0.4, 0.5) is 0 Å². The zero-order valence-electron chi connectivity index (χ0n) is 17.5. The summed E-state index contributed by atoms with van der Waals surface area (Å²) in [6, 6.07) is 7.70. The highest BCUT2D eigenvalue weighted by atomic mass is 16.5. The van der Waals surface area contributed by atoms with Gasteiger partial charge in [0.1, 0.15) is 0 Å². The van der Waals surface area contributed by atoms with Gasteiger partial charge >= 0.3 is 0 Å². The van der Waals surface area contributed by atoms with Crippen molar-refractivity contribution in [1.82, 2.24) is 15.5 Å². The van der Waals surface area contributed by atoms with E-state index in [1.165, 1.54) is 0 Å². The molecular formula is C21H34N4O3. The Morgan fingerprint density at radius 1 is 1.18 bits per heavy atom. The molecule has 1 saturated heterocycles. The highest BCUT2D eigenvalue weighted by Gasteiger charge is 2.26. The van der Waals surface area contributed by atoms with Crippen molar-refractivity contribution >= 4 is 11.9 Å². The lowest BCUT2D eigenvalue weighted by Gasteiger charge is -2.35. The molecule has 1 fully saturated rings. The highest BCUT2D eigenvalue weighted by molar-refractivity contribution is 5.94. The van der Waals surface area contributed by atoms with Gasteiger partial charge in [-0.3, -0.25) is 4.79 Å². The molecule has 0 aliphatic carbocycles. The minimum Gasteiger partial charge on any atom is -0.380 e. The molecular weight excluding hydrogens is 356 g/mol. The maximum absolute atomic E-state index is 12.7. The van der Waals surface area contributed by atoms with E-state index < -0.39 is 0 Å². The van der Waals surface area contributed by atoms with E-state index in [-0.39, 0.29) is 18.1 Å². The van der Waals surface area contributed by atoms with Crippen molar-refractivity contribution in [3.8, 4) is 0 Å². The van der Waals surface area contributed by atoms with Crippen molar-refractivity contribution in [2.75, 3.05) is 39.4 Å². The number of rotatable bonds is 8. The normalized spacial score (nSPS) is 20.1. The molecule has 2 unspecified atom stereocenters. The molecule has 7 heteroatoms. The van der Waals surface area contributed by atoms with Gasteiger partial charge in [0.25, 0.3) is 5.91 Å². The third-order valence-electron chi connectivity index (χ3n) is 4.41. The van der Waals surface area contributed by atoms with E-state index in [0.717, 1.165) is 18.1 Å². The summed E-state index contributed by atoms with van der Waals surface area (Å²) < 4.78 is 11.0. The number of carbonyl (C=O) groups excluding carboxylic acids is 1. The van der Waals surface area contributed by atoms with Crippen LogP contribution in [0, 0.1) is 0 Å². The molecule has 1 heterocycles. The average molecular weight is 391 g/mol.